The van der Waals surface area contributed by atoms with E-state index in [9.17, 15) is 14.7 Å². The van der Waals surface area contributed by atoms with Crippen LogP contribution in [0, 0.1) is 6.92 Å². The number of hydrogen-bond donors (Lipinski definition) is 1. The van der Waals surface area contributed by atoms with Gasteiger partial charge in [0.15, 0.2) is 16.5 Å². The lowest BCUT2D eigenvalue weighted by Gasteiger charge is -2.14. The molecule has 3 heterocycles. The number of fused-ring (bicyclic) bond motifs is 3. The molecule has 7 nitrogen and oxygen atoms in total. The van der Waals surface area contributed by atoms with Gasteiger partial charge in [-0.25, -0.2) is 14.8 Å². The molecule has 5 aromatic rings. The van der Waals surface area contributed by atoms with Crippen LogP contribution in [0.1, 0.15) is 5.56 Å². The summed E-state index contributed by atoms with van der Waals surface area (Å²) in [4.78, 5) is 34.3. The molecule has 0 aliphatic carbocycles. The smallest absolute Gasteiger partial charge is 0.354 e. The fourth-order valence-electron chi connectivity index (χ4n) is 3.49. The Morgan fingerprint density at radius 2 is 1.74 bits per heavy atom. The molecular weight excluding hydrogens is 414 g/mol. The first kappa shape index (κ1) is 19.1. The maximum Gasteiger partial charge on any atom is 0.354 e. The Bertz CT molecular complexity index is 1560. The fraction of sp³-hybridized carbons (Fsp3) is 0.0435. The Labute approximate surface area is 179 Å². The van der Waals surface area contributed by atoms with Gasteiger partial charge in [-0.2, -0.15) is 0 Å². The molecular formula is C23H15N3O4S. The molecule has 0 unspecified atom stereocenters. The van der Waals surface area contributed by atoms with Crippen LogP contribution < -0.4 is 11.2 Å². The van der Waals surface area contributed by atoms with Crippen LogP contribution in [0.15, 0.2) is 91.0 Å². The van der Waals surface area contributed by atoms with Gasteiger partial charge >= 0.3 is 5.63 Å². The summed E-state index contributed by atoms with van der Waals surface area (Å²) < 4.78 is 7.08. The largest absolute Gasteiger partial charge is 0.505 e. The van der Waals surface area contributed by atoms with Crippen molar-refractivity contribution < 1.29 is 9.52 Å². The Morgan fingerprint density at radius 3 is 2.48 bits per heavy atom. The van der Waals surface area contributed by atoms with Crippen molar-refractivity contribution in [3.8, 4) is 11.4 Å². The molecule has 0 aliphatic heterocycles. The Morgan fingerprint density at radius 1 is 1.00 bits per heavy atom. The number of aromatic hydroxyl groups is 1. The summed E-state index contributed by atoms with van der Waals surface area (Å²) in [5.41, 5.74) is 0.954. The number of hydrogen-bond acceptors (Lipinski definition) is 7. The van der Waals surface area contributed by atoms with E-state index in [-0.39, 0.29) is 21.0 Å². The highest BCUT2D eigenvalue weighted by Gasteiger charge is 2.23. The third-order valence-corrected chi connectivity index (χ3v) is 5.82. The van der Waals surface area contributed by atoms with Crippen LogP contribution in [0.25, 0.3) is 27.6 Å². The molecule has 0 saturated carbocycles. The summed E-state index contributed by atoms with van der Waals surface area (Å²) >= 11 is 0.847. The topological polar surface area (TPSA) is 98.2 Å². The molecule has 0 bridgehead atoms. The van der Waals surface area contributed by atoms with Crippen molar-refractivity contribution in [3.05, 3.63) is 93.3 Å². The van der Waals surface area contributed by atoms with Gasteiger partial charge in [-0.05, 0) is 54.6 Å². The molecule has 0 atom stereocenters. The summed E-state index contributed by atoms with van der Waals surface area (Å²) in [6.07, 6.45) is 3.04. The SMILES string of the molecule is Cc1ccc2c3oc(=O)c(Sc4ncccn4)c(O)c3c(=O)n(-c3ccccc3)c2c1. The van der Waals surface area contributed by atoms with Gasteiger partial charge in [0.2, 0.25) is 0 Å². The normalized spacial score (nSPS) is 11.3. The zero-order chi connectivity index (χ0) is 21.5. The van der Waals surface area contributed by atoms with Crippen LogP contribution in [-0.4, -0.2) is 19.6 Å². The molecule has 1 N–H and O–H groups in total. The molecule has 3 aromatic heterocycles. The maximum absolute atomic E-state index is 13.6. The van der Waals surface area contributed by atoms with Crippen molar-refractivity contribution >= 4 is 33.6 Å². The van der Waals surface area contributed by atoms with Crippen molar-refractivity contribution in [1.82, 2.24) is 14.5 Å². The first-order valence-corrected chi connectivity index (χ1v) is 10.2. The van der Waals surface area contributed by atoms with Crippen LogP contribution in [0.2, 0.25) is 0 Å². The van der Waals surface area contributed by atoms with E-state index in [4.69, 9.17) is 4.42 Å². The van der Waals surface area contributed by atoms with Crippen LogP contribution in [0.3, 0.4) is 0 Å². The number of pyridine rings is 1. The lowest BCUT2D eigenvalue weighted by molar-refractivity contribution is 0.447. The third kappa shape index (κ3) is 3.17. The number of para-hydroxylation sites is 1. The van der Waals surface area contributed by atoms with Gasteiger partial charge in [0.1, 0.15) is 10.3 Å². The molecule has 2 aromatic carbocycles. The van der Waals surface area contributed by atoms with Crippen LogP contribution >= 0.6 is 11.8 Å². The number of nitrogens with zero attached hydrogens (tertiary/aromatic N) is 3. The van der Waals surface area contributed by atoms with Gasteiger partial charge in [0.05, 0.1) is 5.52 Å². The third-order valence-electron chi connectivity index (χ3n) is 4.86. The van der Waals surface area contributed by atoms with Gasteiger partial charge in [-0.1, -0.05) is 24.3 Å². The van der Waals surface area contributed by atoms with Gasteiger partial charge in [0.25, 0.3) is 5.56 Å². The van der Waals surface area contributed by atoms with Crippen molar-refractivity contribution in [3.63, 3.8) is 0 Å². The zero-order valence-corrected chi connectivity index (χ0v) is 17.1. The van der Waals surface area contributed by atoms with E-state index >= 15 is 0 Å². The number of rotatable bonds is 3. The Balaban J connectivity index is 1.91. The molecule has 31 heavy (non-hydrogen) atoms. The summed E-state index contributed by atoms with van der Waals surface area (Å²) in [6.45, 7) is 1.91. The van der Waals surface area contributed by atoms with Crippen LogP contribution in [0.5, 0.6) is 5.75 Å². The van der Waals surface area contributed by atoms with Crippen LogP contribution in [0.4, 0.5) is 0 Å². The van der Waals surface area contributed by atoms with E-state index in [2.05, 4.69) is 9.97 Å². The highest BCUT2D eigenvalue weighted by atomic mass is 32.2. The van der Waals surface area contributed by atoms with Gasteiger partial charge in [-0.15, -0.1) is 0 Å². The second-order valence-corrected chi connectivity index (χ2v) is 7.88. The van der Waals surface area contributed by atoms with E-state index in [0.29, 0.717) is 16.6 Å². The number of aryl methyl sites for hydroxylation is 1. The Kier molecular flexibility index (Phi) is 4.56. The van der Waals surface area contributed by atoms with E-state index < -0.39 is 16.9 Å². The molecule has 0 fully saturated rings. The first-order chi connectivity index (χ1) is 15.0. The predicted octanol–water partition coefficient (Wildman–Crippen LogP) is 4.05. The van der Waals surface area contributed by atoms with Crippen molar-refractivity contribution in [2.75, 3.05) is 0 Å². The van der Waals surface area contributed by atoms with Gasteiger partial charge in [0, 0.05) is 23.5 Å². The highest BCUT2D eigenvalue weighted by molar-refractivity contribution is 7.99. The quantitative estimate of drug-likeness (QED) is 0.341. The van der Waals surface area contributed by atoms with E-state index in [0.717, 1.165) is 17.3 Å². The lowest BCUT2D eigenvalue weighted by Crippen LogP contribution is -2.20. The average Bonchev–Trinajstić information content (AvgIpc) is 2.77. The molecule has 0 amide bonds. The molecule has 0 aliphatic rings. The molecule has 0 saturated heterocycles. The second kappa shape index (κ2) is 7.41. The standard InChI is InChI=1S/C23H15N3O4S/c1-13-8-9-15-16(12-13)26(14-6-3-2-4-7-14)21(28)17-18(27)20(22(29)30-19(15)17)31-23-24-10-5-11-25-23/h2-12,27H,1H3. The summed E-state index contributed by atoms with van der Waals surface area (Å²) in [5, 5.41) is 11.7. The summed E-state index contributed by atoms with van der Waals surface area (Å²) in [5.74, 6) is -0.444. The molecule has 8 heteroatoms. The minimum atomic E-state index is -0.763. The van der Waals surface area contributed by atoms with Gasteiger partial charge < -0.3 is 9.52 Å². The molecule has 152 valence electrons. The lowest BCUT2D eigenvalue weighted by atomic mass is 10.1. The number of aromatic nitrogens is 3. The fourth-order valence-corrected chi connectivity index (χ4v) is 4.22. The maximum atomic E-state index is 13.6. The van der Waals surface area contributed by atoms with Crippen molar-refractivity contribution in [2.45, 2.75) is 17.0 Å². The summed E-state index contributed by atoms with van der Waals surface area (Å²) in [7, 11) is 0. The highest BCUT2D eigenvalue weighted by Crippen LogP contribution is 2.36. The molecule has 0 spiro atoms. The average molecular weight is 429 g/mol. The predicted molar refractivity (Wildman–Crippen MR) is 118 cm³/mol. The number of benzene rings is 2. The van der Waals surface area contributed by atoms with Gasteiger partial charge in [-0.3, -0.25) is 9.36 Å². The van der Waals surface area contributed by atoms with Crippen molar-refractivity contribution in [1.29, 1.82) is 0 Å². The minimum Gasteiger partial charge on any atom is -0.505 e. The monoisotopic (exact) mass is 429 g/mol. The van der Waals surface area contributed by atoms with E-state index in [1.807, 2.05) is 37.3 Å². The summed E-state index contributed by atoms with van der Waals surface area (Å²) in [6, 6.07) is 16.2. The molecule has 5 rings (SSSR count). The van der Waals surface area contributed by atoms with Crippen molar-refractivity contribution in [2.24, 2.45) is 0 Å². The molecule has 0 radical (unpaired) electrons. The Hall–Kier alpha value is -3.91. The van der Waals surface area contributed by atoms with E-state index in [1.165, 1.54) is 17.0 Å². The minimum absolute atomic E-state index is 0.0491. The second-order valence-electron chi connectivity index (χ2n) is 6.90. The van der Waals surface area contributed by atoms with E-state index in [1.54, 1.807) is 24.3 Å². The first-order valence-electron chi connectivity index (χ1n) is 9.40. The zero-order valence-electron chi connectivity index (χ0n) is 16.3. The van der Waals surface area contributed by atoms with Crippen LogP contribution in [-0.2, 0) is 0 Å².